The summed E-state index contributed by atoms with van der Waals surface area (Å²) in [6.07, 6.45) is 0. The molecule has 124 valence electrons. The number of carbonyl (C=O) groups is 2. The van der Waals surface area contributed by atoms with E-state index in [1.165, 1.54) is 11.8 Å². The van der Waals surface area contributed by atoms with Crippen LogP contribution in [0.3, 0.4) is 0 Å². The molecule has 0 unspecified atom stereocenters. The number of thioether (sulfide) groups is 1. The van der Waals surface area contributed by atoms with Crippen LogP contribution < -0.4 is 10.6 Å². The van der Waals surface area contributed by atoms with E-state index >= 15 is 0 Å². The molecule has 24 heavy (non-hydrogen) atoms. The fourth-order valence-corrected chi connectivity index (χ4v) is 4.36. The molecule has 4 nitrogen and oxygen atoms in total. The average molecular weight is 452 g/mol. The minimum absolute atomic E-state index is 0.124. The fraction of sp³-hybridized carbons (Fsp3) is 0.222. The molecule has 1 heterocycles. The largest absolute Gasteiger partial charge is 0.326 e. The van der Waals surface area contributed by atoms with Crippen LogP contribution in [0.15, 0.2) is 47.4 Å². The summed E-state index contributed by atoms with van der Waals surface area (Å²) in [5, 5.41) is 5.39. The Bertz CT molecular complexity index is 809. The number of anilines is 2. The Labute approximate surface area is 158 Å². The zero-order valence-corrected chi connectivity index (χ0v) is 16.3. The molecule has 0 fully saturated rings. The monoisotopic (exact) mass is 452 g/mol. The van der Waals surface area contributed by atoms with Gasteiger partial charge >= 0.3 is 0 Å². The van der Waals surface area contributed by atoms with Crippen molar-refractivity contribution < 1.29 is 9.59 Å². The maximum atomic E-state index is 12.6. The van der Waals surface area contributed by atoms with Crippen LogP contribution in [0.1, 0.15) is 12.5 Å². The van der Waals surface area contributed by atoms with Gasteiger partial charge in [0.05, 0.1) is 16.9 Å². The summed E-state index contributed by atoms with van der Waals surface area (Å²) in [4.78, 5) is 25.9. The second-order valence-corrected chi connectivity index (χ2v) is 8.19. The van der Waals surface area contributed by atoms with Crippen molar-refractivity contribution in [2.75, 3.05) is 10.6 Å². The van der Waals surface area contributed by atoms with Gasteiger partial charge in [-0.3, -0.25) is 9.59 Å². The first-order valence-electron chi connectivity index (χ1n) is 7.59. The van der Waals surface area contributed by atoms with Gasteiger partial charge in [0.15, 0.2) is 0 Å². The molecule has 0 radical (unpaired) electrons. The first-order chi connectivity index (χ1) is 11.5. The first-order valence-corrected chi connectivity index (χ1v) is 9.55. The van der Waals surface area contributed by atoms with Gasteiger partial charge < -0.3 is 10.6 Å². The van der Waals surface area contributed by atoms with Crippen LogP contribution in [-0.4, -0.2) is 17.1 Å². The van der Waals surface area contributed by atoms with Gasteiger partial charge in [0.2, 0.25) is 11.8 Å². The minimum Gasteiger partial charge on any atom is -0.326 e. The number of hydrogen-bond donors (Lipinski definition) is 2. The molecule has 3 rings (SSSR count). The highest BCUT2D eigenvalue weighted by molar-refractivity contribution is 14.1. The van der Waals surface area contributed by atoms with Gasteiger partial charge in [-0.25, -0.2) is 0 Å². The predicted molar refractivity (Wildman–Crippen MR) is 106 cm³/mol. The highest BCUT2D eigenvalue weighted by atomic mass is 127. The standard InChI is InChI=1S/C18H17IN2O2S/c1-10-9-12(19)7-8-13(10)20-17(22)11(2)16-18(23)21-14-5-3-4-6-15(14)24-16/h3-9,11,16H,1-2H3,(H,20,22)(H,21,23)/t11-,16+/m0/s1. The summed E-state index contributed by atoms with van der Waals surface area (Å²) < 4.78 is 1.12. The Morgan fingerprint density at radius 3 is 2.79 bits per heavy atom. The van der Waals surface area contributed by atoms with Crippen molar-refractivity contribution >= 4 is 57.5 Å². The molecule has 1 aliphatic rings. The molecule has 0 spiro atoms. The second-order valence-electron chi connectivity index (χ2n) is 5.76. The lowest BCUT2D eigenvalue weighted by Gasteiger charge is -2.27. The topological polar surface area (TPSA) is 58.2 Å². The van der Waals surface area contributed by atoms with Crippen molar-refractivity contribution in [2.24, 2.45) is 5.92 Å². The molecule has 6 heteroatoms. The SMILES string of the molecule is Cc1cc(I)ccc1NC(=O)[C@@H](C)[C@H]1Sc2ccccc2NC1=O. The Kier molecular flexibility index (Phi) is 5.15. The van der Waals surface area contributed by atoms with Gasteiger partial charge in [-0.2, -0.15) is 0 Å². The Morgan fingerprint density at radius 1 is 1.29 bits per heavy atom. The molecule has 0 aliphatic carbocycles. The molecule has 2 atom stereocenters. The van der Waals surface area contributed by atoms with Crippen molar-refractivity contribution in [1.82, 2.24) is 0 Å². The number of halogens is 1. The number of para-hydroxylation sites is 1. The van der Waals surface area contributed by atoms with Gasteiger partial charge in [-0.15, -0.1) is 11.8 Å². The Morgan fingerprint density at radius 2 is 2.04 bits per heavy atom. The number of fused-ring (bicyclic) bond motifs is 1. The summed E-state index contributed by atoms with van der Waals surface area (Å²) in [5.41, 5.74) is 2.60. The van der Waals surface area contributed by atoms with E-state index in [0.29, 0.717) is 0 Å². The van der Waals surface area contributed by atoms with E-state index in [2.05, 4.69) is 33.2 Å². The van der Waals surface area contributed by atoms with E-state index in [9.17, 15) is 9.59 Å². The lowest BCUT2D eigenvalue weighted by atomic mass is 10.0. The number of carbonyl (C=O) groups excluding carboxylic acids is 2. The summed E-state index contributed by atoms with van der Waals surface area (Å²) in [6.45, 7) is 3.75. The number of nitrogens with one attached hydrogen (secondary N) is 2. The van der Waals surface area contributed by atoms with Gasteiger partial charge in [-0.1, -0.05) is 19.1 Å². The van der Waals surface area contributed by atoms with E-state index in [1.807, 2.05) is 49.4 Å². The minimum atomic E-state index is -0.443. The van der Waals surface area contributed by atoms with Crippen molar-refractivity contribution in [2.45, 2.75) is 24.0 Å². The highest BCUT2D eigenvalue weighted by Crippen LogP contribution is 2.38. The summed E-state index contributed by atoms with van der Waals surface area (Å²) in [5.74, 6) is -0.714. The van der Waals surface area contributed by atoms with Crippen LogP contribution in [0, 0.1) is 16.4 Å². The summed E-state index contributed by atoms with van der Waals surface area (Å²) in [7, 11) is 0. The second kappa shape index (κ2) is 7.14. The lowest BCUT2D eigenvalue weighted by molar-refractivity contribution is -0.123. The van der Waals surface area contributed by atoms with E-state index in [0.717, 1.165) is 25.4 Å². The smallest absolute Gasteiger partial charge is 0.238 e. The maximum Gasteiger partial charge on any atom is 0.238 e. The average Bonchev–Trinajstić information content (AvgIpc) is 2.56. The third kappa shape index (κ3) is 3.59. The molecule has 0 aromatic heterocycles. The van der Waals surface area contributed by atoms with Crippen molar-refractivity contribution in [3.05, 3.63) is 51.6 Å². The molecule has 2 aromatic carbocycles. The summed E-state index contributed by atoms with van der Waals surface area (Å²) in [6, 6.07) is 13.5. The molecule has 2 aromatic rings. The number of rotatable bonds is 3. The highest BCUT2D eigenvalue weighted by Gasteiger charge is 2.35. The van der Waals surface area contributed by atoms with Crippen LogP contribution >= 0.6 is 34.4 Å². The van der Waals surface area contributed by atoms with Crippen LogP contribution in [0.25, 0.3) is 0 Å². The van der Waals surface area contributed by atoms with Crippen LogP contribution in [0.5, 0.6) is 0 Å². The normalized spacial score (nSPS) is 17.6. The Balaban J connectivity index is 1.75. The number of amides is 2. The third-order valence-electron chi connectivity index (χ3n) is 3.97. The number of benzene rings is 2. The molecule has 2 N–H and O–H groups in total. The van der Waals surface area contributed by atoms with Gasteiger partial charge in [0, 0.05) is 14.2 Å². The molecular weight excluding hydrogens is 435 g/mol. The molecule has 0 saturated heterocycles. The number of hydrogen-bond acceptors (Lipinski definition) is 3. The van der Waals surface area contributed by atoms with Crippen LogP contribution in [-0.2, 0) is 9.59 Å². The van der Waals surface area contributed by atoms with E-state index < -0.39 is 11.2 Å². The van der Waals surface area contributed by atoms with Gasteiger partial charge in [0.25, 0.3) is 0 Å². The van der Waals surface area contributed by atoms with E-state index in [-0.39, 0.29) is 11.8 Å². The maximum absolute atomic E-state index is 12.6. The van der Waals surface area contributed by atoms with Crippen molar-refractivity contribution in [1.29, 1.82) is 0 Å². The fourth-order valence-electron chi connectivity index (χ4n) is 2.55. The van der Waals surface area contributed by atoms with Gasteiger partial charge in [-0.05, 0) is 65.4 Å². The summed E-state index contributed by atoms with van der Waals surface area (Å²) >= 11 is 3.68. The molecule has 2 amide bonds. The zero-order valence-electron chi connectivity index (χ0n) is 13.3. The third-order valence-corrected chi connectivity index (χ3v) is 6.13. The molecule has 0 bridgehead atoms. The van der Waals surface area contributed by atoms with Crippen LogP contribution in [0.2, 0.25) is 0 Å². The van der Waals surface area contributed by atoms with E-state index in [1.54, 1.807) is 6.92 Å². The van der Waals surface area contributed by atoms with E-state index in [4.69, 9.17) is 0 Å². The Hall–Kier alpha value is -1.54. The van der Waals surface area contributed by atoms with Gasteiger partial charge in [0.1, 0.15) is 0 Å². The number of aryl methyl sites for hydroxylation is 1. The quantitative estimate of drug-likeness (QED) is 0.684. The lowest BCUT2D eigenvalue weighted by Crippen LogP contribution is -2.39. The van der Waals surface area contributed by atoms with Crippen molar-refractivity contribution in [3.8, 4) is 0 Å². The predicted octanol–water partition coefficient (Wildman–Crippen LogP) is 4.29. The first kappa shape index (κ1) is 17.3. The molecular formula is C18H17IN2O2S. The molecule has 1 aliphatic heterocycles. The molecule has 0 saturated carbocycles. The van der Waals surface area contributed by atoms with Crippen LogP contribution in [0.4, 0.5) is 11.4 Å². The van der Waals surface area contributed by atoms with Crippen molar-refractivity contribution in [3.63, 3.8) is 0 Å². The zero-order chi connectivity index (χ0) is 17.3.